The molecule has 0 bridgehead atoms. The molecule has 0 aliphatic heterocycles. The molecular formula is C25H21IN2O5. The van der Waals surface area contributed by atoms with Crippen molar-refractivity contribution in [3.63, 3.8) is 0 Å². The van der Waals surface area contributed by atoms with Crippen molar-refractivity contribution in [3.8, 4) is 11.1 Å². The summed E-state index contributed by atoms with van der Waals surface area (Å²) in [6.07, 6.45) is -0.591. The molecule has 0 spiro atoms. The molecule has 1 atom stereocenters. The lowest BCUT2D eigenvalue weighted by molar-refractivity contribution is -0.138. The van der Waals surface area contributed by atoms with E-state index in [2.05, 4.69) is 34.9 Å². The lowest BCUT2D eigenvalue weighted by Gasteiger charge is -2.15. The first-order valence-corrected chi connectivity index (χ1v) is 11.4. The molecule has 0 saturated carbocycles. The third-order valence-corrected chi connectivity index (χ3v) is 6.42. The van der Waals surface area contributed by atoms with Gasteiger partial charge in [-0.15, -0.1) is 0 Å². The number of carbonyl (C=O) groups is 3. The number of fused-ring (bicyclic) bond motifs is 3. The van der Waals surface area contributed by atoms with Gasteiger partial charge in [-0.25, -0.2) is 4.79 Å². The zero-order valence-corrected chi connectivity index (χ0v) is 19.8. The van der Waals surface area contributed by atoms with Crippen molar-refractivity contribution >= 4 is 46.2 Å². The first-order valence-electron chi connectivity index (χ1n) is 10.3. The van der Waals surface area contributed by atoms with Gasteiger partial charge in [-0.3, -0.25) is 14.9 Å². The SMILES string of the molecule is CC(NC(=O)c1ccc(NC(=O)OCC2c3ccccc3-c3ccccc32)c(I)c1)C(=O)O. The van der Waals surface area contributed by atoms with Gasteiger partial charge in [-0.05, 0) is 70.0 Å². The molecule has 1 aliphatic rings. The highest BCUT2D eigenvalue weighted by atomic mass is 127. The summed E-state index contributed by atoms with van der Waals surface area (Å²) in [5.41, 5.74) is 5.37. The number of anilines is 1. The predicted octanol–water partition coefficient (Wildman–Crippen LogP) is 4.86. The van der Waals surface area contributed by atoms with Crippen LogP contribution in [-0.4, -0.2) is 35.7 Å². The quantitative estimate of drug-likeness (QED) is 0.377. The van der Waals surface area contributed by atoms with Crippen molar-refractivity contribution in [2.45, 2.75) is 18.9 Å². The second kappa shape index (κ2) is 9.62. The van der Waals surface area contributed by atoms with Crippen LogP contribution in [0.25, 0.3) is 11.1 Å². The Hall–Kier alpha value is -3.40. The Morgan fingerprint density at radius 3 is 2.18 bits per heavy atom. The van der Waals surface area contributed by atoms with Crippen molar-refractivity contribution in [1.82, 2.24) is 5.32 Å². The molecule has 1 unspecified atom stereocenters. The summed E-state index contributed by atoms with van der Waals surface area (Å²) in [4.78, 5) is 35.6. The normalized spacial score (nSPS) is 12.9. The Balaban J connectivity index is 1.41. The minimum atomic E-state index is -1.12. The van der Waals surface area contributed by atoms with Gasteiger partial charge in [0.15, 0.2) is 0 Å². The summed E-state index contributed by atoms with van der Waals surface area (Å²) in [5, 5.41) is 14.0. The average molecular weight is 556 g/mol. The van der Waals surface area contributed by atoms with Crippen molar-refractivity contribution in [2.24, 2.45) is 0 Å². The van der Waals surface area contributed by atoms with E-state index in [0.29, 0.717) is 14.8 Å². The van der Waals surface area contributed by atoms with E-state index in [1.807, 2.05) is 46.9 Å². The second-order valence-electron chi connectivity index (χ2n) is 7.68. The number of hydrogen-bond donors (Lipinski definition) is 3. The van der Waals surface area contributed by atoms with Crippen LogP contribution < -0.4 is 10.6 Å². The molecule has 0 fully saturated rings. The number of hydrogen-bond acceptors (Lipinski definition) is 4. The summed E-state index contributed by atoms with van der Waals surface area (Å²) >= 11 is 2.00. The monoisotopic (exact) mass is 556 g/mol. The van der Waals surface area contributed by atoms with Crippen LogP contribution in [0.3, 0.4) is 0 Å². The van der Waals surface area contributed by atoms with Gasteiger partial charge in [0.05, 0.1) is 5.69 Å². The summed E-state index contributed by atoms with van der Waals surface area (Å²) in [6, 6.07) is 19.9. The molecule has 3 N–H and O–H groups in total. The molecule has 0 aromatic heterocycles. The van der Waals surface area contributed by atoms with E-state index in [0.717, 1.165) is 22.3 Å². The number of carboxylic acid groups (broad SMARTS) is 1. The van der Waals surface area contributed by atoms with Crippen LogP contribution in [-0.2, 0) is 9.53 Å². The molecule has 8 heteroatoms. The summed E-state index contributed by atoms with van der Waals surface area (Å²) in [7, 11) is 0. The van der Waals surface area contributed by atoms with Gasteiger partial charge < -0.3 is 15.2 Å². The third-order valence-electron chi connectivity index (χ3n) is 5.53. The molecule has 168 valence electrons. The number of carbonyl (C=O) groups excluding carboxylic acids is 2. The van der Waals surface area contributed by atoms with Gasteiger partial charge >= 0.3 is 12.1 Å². The molecule has 7 nitrogen and oxygen atoms in total. The Morgan fingerprint density at radius 1 is 1.00 bits per heavy atom. The molecule has 33 heavy (non-hydrogen) atoms. The lowest BCUT2D eigenvalue weighted by atomic mass is 9.98. The van der Waals surface area contributed by atoms with E-state index in [1.54, 1.807) is 12.1 Å². The molecule has 3 aromatic rings. The van der Waals surface area contributed by atoms with Crippen molar-refractivity contribution in [3.05, 3.63) is 87.0 Å². The summed E-state index contributed by atoms with van der Waals surface area (Å²) in [5.74, 6) is -1.66. The van der Waals surface area contributed by atoms with Gasteiger partial charge in [0.1, 0.15) is 12.6 Å². The van der Waals surface area contributed by atoms with E-state index in [4.69, 9.17) is 9.84 Å². The predicted molar refractivity (Wildman–Crippen MR) is 132 cm³/mol. The van der Waals surface area contributed by atoms with Gasteiger partial charge in [-0.2, -0.15) is 0 Å². The number of carboxylic acids is 1. The maximum absolute atomic E-state index is 12.5. The van der Waals surface area contributed by atoms with Crippen LogP contribution in [0.4, 0.5) is 10.5 Å². The van der Waals surface area contributed by atoms with Crippen LogP contribution in [0, 0.1) is 3.57 Å². The number of benzene rings is 3. The topological polar surface area (TPSA) is 105 Å². The maximum atomic E-state index is 12.5. The van der Waals surface area contributed by atoms with E-state index in [9.17, 15) is 14.4 Å². The number of ether oxygens (including phenoxy) is 1. The van der Waals surface area contributed by atoms with Crippen LogP contribution in [0.1, 0.15) is 34.3 Å². The van der Waals surface area contributed by atoms with Crippen molar-refractivity contribution < 1.29 is 24.2 Å². The van der Waals surface area contributed by atoms with E-state index in [1.165, 1.54) is 13.0 Å². The zero-order chi connectivity index (χ0) is 23.5. The van der Waals surface area contributed by atoms with Crippen LogP contribution in [0.5, 0.6) is 0 Å². The van der Waals surface area contributed by atoms with E-state index < -0.39 is 24.0 Å². The molecule has 3 aromatic carbocycles. The molecule has 2 amide bonds. The maximum Gasteiger partial charge on any atom is 0.411 e. The first kappa shape index (κ1) is 22.8. The Morgan fingerprint density at radius 2 is 1.61 bits per heavy atom. The minimum Gasteiger partial charge on any atom is -0.480 e. The Bertz CT molecular complexity index is 1200. The highest BCUT2D eigenvalue weighted by molar-refractivity contribution is 14.1. The Kier molecular flexibility index (Phi) is 6.64. The Labute approximate surface area is 204 Å². The van der Waals surface area contributed by atoms with Crippen LogP contribution in [0.15, 0.2) is 66.7 Å². The number of amides is 2. The smallest absolute Gasteiger partial charge is 0.411 e. The molecule has 0 saturated heterocycles. The second-order valence-corrected chi connectivity index (χ2v) is 8.84. The molecule has 0 heterocycles. The standard InChI is InChI=1S/C25H21IN2O5/c1-14(24(30)31)27-23(29)15-10-11-22(21(26)12-15)28-25(32)33-13-20-18-8-4-2-6-16(18)17-7-3-5-9-19(17)20/h2-12,14,20H,13H2,1H3,(H,27,29)(H,28,32)(H,30,31). The van der Waals surface area contributed by atoms with Crippen LogP contribution >= 0.6 is 22.6 Å². The largest absolute Gasteiger partial charge is 0.480 e. The number of rotatable bonds is 6. The molecular weight excluding hydrogens is 535 g/mol. The van der Waals surface area contributed by atoms with Gasteiger partial charge in [-0.1, -0.05) is 48.5 Å². The van der Waals surface area contributed by atoms with Crippen molar-refractivity contribution in [1.29, 1.82) is 0 Å². The van der Waals surface area contributed by atoms with E-state index >= 15 is 0 Å². The molecule has 0 radical (unpaired) electrons. The fourth-order valence-corrected chi connectivity index (χ4v) is 4.49. The number of halogens is 1. The molecule has 4 rings (SSSR count). The third kappa shape index (κ3) is 4.85. The minimum absolute atomic E-state index is 0.0375. The van der Waals surface area contributed by atoms with E-state index in [-0.39, 0.29) is 12.5 Å². The number of aliphatic carboxylic acids is 1. The first-order chi connectivity index (χ1) is 15.8. The van der Waals surface area contributed by atoms with Crippen molar-refractivity contribution in [2.75, 3.05) is 11.9 Å². The highest BCUT2D eigenvalue weighted by Gasteiger charge is 2.29. The fourth-order valence-electron chi connectivity index (χ4n) is 3.84. The fraction of sp³-hybridized carbons (Fsp3) is 0.160. The lowest BCUT2D eigenvalue weighted by Crippen LogP contribution is -2.38. The summed E-state index contributed by atoms with van der Waals surface area (Å²) in [6.45, 7) is 1.59. The zero-order valence-electron chi connectivity index (χ0n) is 17.7. The molecule has 1 aliphatic carbocycles. The average Bonchev–Trinajstić information content (AvgIpc) is 3.12. The van der Waals surface area contributed by atoms with Gasteiger partial charge in [0.2, 0.25) is 0 Å². The van der Waals surface area contributed by atoms with Gasteiger partial charge in [0.25, 0.3) is 5.91 Å². The van der Waals surface area contributed by atoms with Gasteiger partial charge in [0, 0.05) is 15.1 Å². The highest BCUT2D eigenvalue weighted by Crippen LogP contribution is 2.44. The van der Waals surface area contributed by atoms with Crippen LogP contribution in [0.2, 0.25) is 0 Å². The summed E-state index contributed by atoms with van der Waals surface area (Å²) < 4.78 is 6.18. The number of nitrogens with one attached hydrogen (secondary N) is 2.